The molecule has 1 aliphatic heterocycles. The van der Waals surface area contributed by atoms with Gasteiger partial charge in [-0.3, -0.25) is 4.79 Å². The lowest BCUT2D eigenvalue weighted by Gasteiger charge is -2.34. The van der Waals surface area contributed by atoms with E-state index in [1.165, 1.54) is 11.3 Å². The molecule has 106 valence electrons. The van der Waals surface area contributed by atoms with Crippen molar-refractivity contribution in [3.05, 3.63) is 33.0 Å². The topological polar surface area (TPSA) is 36.4 Å². The zero-order valence-electron chi connectivity index (χ0n) is 11.6. The van der Waals surface area contributed by atoms with E-state index in [4.69, 9.17) is 0 Å². The quantitative estimate of drug-likeness (QED) is 0.856. The third-order valence-corrected chi connectivity index (χ3v) is 5.52. The minimum absolute atomic E-state index is 0.174. The average molecular weight is 307 g/mol. The van der Waals surface area contributed by atoms with Gasteiger partial charge >= 0.3 is 0 Å². The van der Waals surface area contributed by atoms with Gasteiger partial charge in [-0.1, -0.05) is 0 Å². The molecule has 0 aliphatic carbocycles. The molecule has 0 unspecified atom stereocenters. The molecule has 2 aromatic heterocycles. The number of amides is 1. The van der Waals surface area contributed by atoms with E-state index in [2.05, 4.69) is 15.3 Å². The number of thiazole rings is 1. The normalized spacial score (nSPS) is 15.7. The van der Waals surface area contributed by atoms with Crippen molar-refractivity contribution in [1.29, 1.82) is 0 Å². The molecule has 0 N–H and O–H groups in total. The number of nitrogens with zero attached hydrogens (tertiary/aromatic N) is 3. The molecule has 3 rings (SSSR count). The Morgan fingerprint density at radius 2 is 1.95 bits per heavy atom. The van der Waals surface area contributed by atoms with E-state index < -0.39 is 0 Å². The number of carbonyl (C=O) groups excluding carboxylic acids is 1. The van der Waals surface area contributed by atoms with Gasteiger partial charge in [-0.05, 0) is 30.9 Å². The number of rotatable bonds is 2. The summed E-state index contributed by atoms with van der Waals surface area (Å²) in [5.74, 6) is 0.174. The van der Waals surface area contributed by atoms with E-state index >= 15 is 0 Å². The zero-order chi connectivity index (χ0) is 14.1. The largest absolute Gasteiger partial charge is 0.345 e. The number of hydrogen-bond donors (Lipinski definition) is 0. The van der Waals surface area contributed by atoms with Crippen LogP contribution in [0.1, 0.15) is 20.9 Å². The molecule has 1 aliphatic rings. The Balaban J connectivity index is 1.64. The van der Waals surface area contributed by atoms with Gasteiger partial charge in [0.25, 0.3) is 5.91 Å². The van der Waals surface area contributed by atoms with Crippen LogP contribution in [0.3, 0.4) is 0 Å². The predicted octanol–water partition coefficient (Wildman–Crippen LogP) is 2.78. The first-order valence-corrected chi connectivity index (χ1v) is 8.41. The van der Waals surface area contributed by atoms with Gasteiger partial charge in [-0.25, -0.2) is 4.98 Å². The zero-order valence-corrected chi connectivity index (χ0v) is 13.3. The van der Waals surface area contributed by atoms with Crippen LogP contribution in [0.25, 0.3) is 0 Å². The number of aromatic nitrogens is 1. The molecule has 0 aromatic carbocycles. The Kier molecular flexibility index (Phi) is 3.76. The molecule has 3 heterocycles. The van der Waals surface area contributed by atoms with Gasteiger partial charge in [0.05, 0.1) is 10.6 Å². The monoisotopic (exact) mass is 307 g/mol. The number of carbonyl (C=O) groups is 1. The summed E-state index contributed by atoms with van der Waals surface area (Å²) in [4.78, 5) is 22.0. The molecular formula is C14H17N3OS2. The summed E-state index contributed by atoms with van der Waals surface area (Å²) in [5, 5.41) is 5.13. The summed E-state index contributed by atoms with van der Waals surface area (Å²) in [5.41, 5.74) is 2.15. The SMILES string of the molecule is Cc1csc(N2CCN(C(=O)c3sccc3C)CC2)n1. The lowest BCUT2D eigenvalue weighted by Crippen LogP contribution is -2.48. The van der Waals surface area contributed by atoms with Gasteiger partial charge in [0.1, 0.15) is 0 Å². The Morgan fingerprint density at radius 1 is 1.20 bits per heavy atom. The second kappa shape index (κ2) is 5.54. The highest BCUT2D eigenvalue weighted by Gasteiger charge is 2.24. The van der Waals surface area contributed by atoms with Crippen LogP contribution in [0.4, 0.5) is 5.13 Å². The van der Waals surface area contributed by atoms with Gasteiger partial charge in [0.15, 0.2) is 5.13 Å². The number of thiophene rings is 1. The van der Waals surface area contributed by atoms with Crippen LogP contribution >= 0.6 is 22.7 Å². The molecule has 1 amide bonds. The predicted molar refractivity (Wildman–Crippen MR) is 84.0 cm³/mol. The molecule has 0 atom stereocenters. The number of piperazine rings is 1. The lowest BCUT2D eigenvalue weighted by atomic mass is 10.2. The Morgan fingerprint density at radius 3 is 2.50 bits per heavy atom. The molecule has 4 nitrogen and oxygen atoms in total. The second-order valence-corrected chi connectivity index (χ2v) is 6.74. The fraction of sp³-hybridized carbons (Fsp3) is 0.429. The maximum Gasteiger partial charge on any atom is 0.264 e. The third kappa shape index (κ3) is 2.58. The van der Waals surface area contributed by atoms with Gasteiger partial charge in [-0.15, -0.1) is 22.7 Å². The minimum Gasteiger partial charge on any atom is -0.345 e. The van der Waals surface area contributed by atoms with Crippen LogP contribution < -0.4 is 4.90 Å². The first-order valence-electron chi connectivity index (χ1n) is 6.65. The van der Waals surface area contributed by atoms with Gasteiger partial charge < -0.3 is 9.80 Å². The molecular weight excluding hydrogens is 290 g/mol. The summed E-state index contributed by atoms with van der Waals surface area (Å²) >= 11 is 3.22. The molecule has 20 heavy (non-hydrogen) atoms. The fourth-order valence-electron chi connectivity index (χ4n) is 2.32. The molecule has 0 saturated carbocycles. The van der Waals surface area contributed by atoms with Crippen molar-refractivity contribution < 1.29 is 4.79 Å². The second-order valence-electron chi connectivity index (χ2n) is 4.98. The third-order valence-electron chi connectivity index (χ3n) is 3.50. The Hall–Kier alpha value is -1.40. The molecule has 6 heteroatoms. The van der Waals surface area contributed by atoms with Crippen LogP contribution in [-0.2, 0) is 0 Å². The maximum atomic E-state index is 12.4. The molecule has 2 aromatic rings. The van der Waals surface area contributed by atoms with E-state index in [0.29, 0.717) is 0 Å². The molecule has 0 spiro atoms. The number of aryl methyl sites for hydroxylation is 2. The van der Waals surface area contributed by atoms with Crippen molar-refractivity contribution in [3.8, 4) is 0 Å². The molecule has 1 saturated heterocycles. The minimum atomic E-state index is 0.174. The van der Waals surface area contributed by atoms with Crippen LogP contribution in [-0.4, -0.2) is 42.0 Å². The van der Waals surface area contributed by atoms with Crippen LogP contribution in [0.5, 0.6) is 0 Å². The van der Waals surface area contributed by atoms with Crippen molar-refractivity contribution in [3.63, 3.8) is 0 Å². The van der Waals surface area contributed by atoms with E-state index in [1.807, 2.05) is 30.2 Å². The van der Waals surface area contributed by atoms with Crippen molar-refractivity contribution >= 4 is 33.7 Å². The first kappa shape index (κ1) is 13.6. The van der Waals surface area contributed by atoms with Crippen molar-refractivity contribution in [2.45, 2.75) is 13.8 Å². The van der Waals surface area contributed by atoms with E-state index in [0.717, 1.165) is 47.4 Å². The van der Waals surface area contributed by atoms with E-state index in [1.54, 1.807) is 11.3 Å². The first-order chi connectivity index (χ1) is 9.65. The highest BCUT2D eigenvalue weighted by Crippen LogP contribution is 2.23. The molecule has 1 fully saturated rings. The van der Waals surface area contributed by atoms with Crippen LogP contribution in [0.2, 0.25) is 0 Å². The summed E-state index contributed by atoms with van der Waals surface area (Å²) in [6.07, 6.45) is 0. The van der Waals surface area contributed by atoms with Gasteiger partial charge in [0, 0.05) is 31.6 Å². The molecule has 0 bridgehead atoms. The van der Waals surface area contributed by atoms with Crippen molar-refractivity contribution in [2.24, 2.45) is 0 Å². The summed E-state index contributed by atoms with van der Waals surface area (Å²) in [6.45, 7) is 7.29. The standard InChI is InChI=1S/C14H17N3OS2/c1-10-3-8-19-12(10)13(18)16-4-6-17(7-5-16)14-15-11(2)9-20-14/h3,8-9H,4-7H2,1-2H3. The number of hydrogen-bond acceptors (Lipinski definition) is 5. The maximum absolute atomic E-state index is 12.4. The van der Waals surface area contributed by atoms with E-state index in [-0.39, 0.29) is 5.91 Å². The Bertz CT molecular complexity index is 611. The Labute approximate surface area is 126 Å². The van der Waals surface area contributed by atoms with Gasteiger partial charge in [-0.2, -0.15) is 0 Å². The van der Waals surface area contributed by atoms with Gasteiger partial charge in [0.2, 0.25) is 0 Å². The molecule has 0 radical (unpaired) electrons. The lowest BCUT2D eigenvalue weighted by molar-refractivity contribution is 0.0751. The van der Waals surface area contributed by atoms with Crippen molar-refractivity contribution in [1.82, 2.24) is 9.88 Å². The fourth-order valence-corrected chi connectivity index (χ4v) is 4.07. The average Bonchev–Trinajstić information content (AvgIpc) is 3.07. The highest BCUT2D eigenvalue weighted by molar-refractivity contribution is 7.13. The summed E-state index contributed by atoms with van der Waals surface area (Å²) < 4.78 is 0. The van der Waals surface area contributed by atoms with Crippen LogP contribution in [0, 0.1) is 13.8 Å². The van der Waals surface area contributed by atoms with E-state index in [9.17, 15) is 4.79 Å². The van der Waals surface area contributed by atoms with Crippen molar-refractivity contribution in [2.75, 3.05) is 31.1 Å². The smallest absolute Gasteiger partial charge is 0.264 e. The highest BCUT2D eigenvalue weighted by atomic mass is 32.1. The number of anilines is 1. The summed E-state index contributed by atoms with van der Waals surface area (Å²) in [7, 11) is 0. The summed E-state index contributed by atoms with van der Waals surface area (Å²) in [6, 6.07) is 2.01. The van der Waals surface area contributed by atoms with Crippen LogP contribution in [0.15, 0.2) is 16.8 Å².